The largest absolute Gasteiger partial charge is 0.493 e. The van der Waals surface area contributed by atoms with Gasteiger partial charge in [0.15, 0.2) is 0 Å². The van der Waals surface area contributed by atoms with E-state index in [4.69, 9.17) is 4.74 Å². The third-order valence-corrected chi connectivity index (χ3v) is 3.16. The molecule has 1 unspecified atom stereocenters. The quantitative estimate of drug-likeness (QED) is 0.862. The van der Waals surface area contributed by atoms with Crippen LogP contribution in [-0.4, -0.2) is 18.6 Å². The first-order valence-corrected chi connectivity index (χ1v) is 6.60. The summed E-state index contributed by atoms with van der Waals surface area (Å²) in [6, 6.07) is 14.4. The molecule has 1 aromatic carbocycles. The Morgan fingerprint density at radius 3 is 2.68 bits per heavy atom. The smallest absolute Gasteiger partial charge is 0.124 e. The SMILES string of the molecule is CNC(C)c1ccccc1OCCc1ccccn1. The molecule has 1 atom stereocenters. The number of nitrogens with zero attached hydrogens (tertiary/aromatic N) is 1. The zero-order valence-electron chi connectivity index (χ0n) is 11.5. The van der Waals surface area contributed by atoms with Crippen molar-refractivity contribution in [1.82, 2.24) is 10.3 Å². The number of pyridine rings is 1. The van der Waals surface area contributed by atoms with Crippen molar-refractivity contribution < 1.29 is 4.74 Å². The van der Waals surface area contributed by atoms with Gasteiger partial charge in [-0.3, -0.25) is 4.98 Å². The van der Waals surface area contributed by atoms with Gasteiger partial charge in [0.1, 0.15) is 5.75 Å². The van der Waals surface area contributed by atoms with Gasteiger partial charge in [0.25, 0.3) is 0 Å². The molecule has 1 N–H and O–H groups in total. The molecular formula is C16H20N2O. The Balaban J connectivity index is 1.96. The number of aromatic nitrogens is 1. The fraction of sp³-hybridized carbons (Fsp3) is 0.312. The van der Waals surface area contributed by atoms with Gasteiger partial charge in [-0.2, -0.15) is 0 Å². The lowest BCUT2D eigenvalue weighted by Gasteiger charge is -2.16. The number of benzene rings is 1. The fourth-order valence-electron chi connectivity index (χ4n) is 1.94. The van der Waals surface area contributed by atoms with E-state index in [1.165, 1.54) is 5.56 Å². The van der Waals surface area contributed by atoms with E-state index in [0.717, 1.165) is 17.9 Å². The minimum absolute atomic E-state index is 0.283. The van der Waals surface area contributed by atoms with Crippen LogP contribution in [0.2, 0.25) is 0 Å². The maximum atomic E-state index is 5.88. The maximum Gasteiger partial charge on any atom is 0.124 e. The summed E-state index contributed by atoms with van der Waals surface area (Å²) < 4.78 is 5.88. The fourth-order valence-corrected chi connectivity index (χ4v) is 1.94. The van der Waals surface area contributed by atoms with Gasteiger partial charge in [-0.05, 0) is 32.2 Å². The van der Waals surface area contributed by atoms with E-state index in [9.17, 15) is 0 Å². The van der Waals surface area contributed by atoms with Crippen molar-refractivity contribution in [2.45, 2.75) is 19.4 Å². The monoisotopic (exact) mass is 256 g/mol. The Hall–Kier alpha value is -1.87. The van der Waals surface area contributed by atoms with Crippen molar-refractivity contribution in [3.05, 3.63) is 59.9 Å². The van der Waals surface area contributed by atoms with E-state index in [2.05, 4.69) is 23.3 Å². The zero-order chi connectivity index (χ0) is 13.5. The number of ether oxygens (including phenoxy) is 1. The van der Waals surface area contributed by atoms with Crippen LogP contribution in [0.1, 0.15) is 24.2 Å². The Morgan fingerprint density at radius 2 is 1.95 bits per heavy atom. The number of hydrogen-bond acceptors (Lipinski definition) is 3. The molecule has 1 aromatic heterocycles. The molecule has 0 spiro atoms. The van der Waals surface area contributed by atoms with Crippen LogP contribution in [-0.2, 0) is 6.42 Å². The molecule has 0 amide bonds. The first kappa shape index (κ1) is 13.6. The van der Waals surface area contributed by atoms with Crippen LogP contribution >= 0.6 is 0 Å². The molecule has 2 aromatic rings. The van der Waals surface area contributed by atoms with E-state index in [-0.39, 0.29) is 6.04 Å². The van der Waals surface area contributed by atoms with E-state index in [1.807, 2.05) is 49.6 Å². The molecule has 0 radical (unpaired) electrons. The molecule has 2 rings (SSSR count). The van der Waals surface area contributed by atoms with Crippen LogP contribution in [0.5, 0.6) is 5.75 Å². The minimum Gasteiger partial charge on any atom is -0.493 e. The molecule has 100 valence electrons. The Kier molecular flexibility index (Phi) is 4.93. The number of para-hydroxylation sites is 1. The van der Waals surface area contributed by atoms with Crippen molar-refractivity contribution in [1.29, 1.82) is 0 Å². The lowest BCUT2D eigenvalue weighted by atomic mass is 10.1. The van der Waals surface area contributed by atoms with E-state index >= 15 is 0 Å². The van der Waals surface area contributed by atoms with Gasteiger partial charge < -0.3 is 10.1 Å². The van der Waals surface area contributed by atoms with Crippen molar-refractivity contribution >= 4 is 0 Å². The summed E-state index contributed by atoms with van der Waals surface area (Å²) in [4.78, 5) is 4.29. The summed E-state index contributed by atoms with van der Waals surface area (Å²) in [5, 5.41) is 3.24. The van der Waals surface area contributed by atoms with Crippen LogP contribution in [0.4, 0.5) is 0 Å². The minimum atomic E-state index is 0.283. The molecule has 3 nitrogen and oxygen atoms in total. The summed E-state index contributed by atoms with van der Waals surface area (Å²) in [6.45, 7) is 2.77. The number of nitrogens with one attached hydrogen (secondary N) is 1. The van der Waals surface area contributed by atoms with Gasteiger partial charge in [-0.15, -0.1) is 0 Å². The van der Waals surface area contributed by atoms with Crippen LogP contribution in [0, 0.1) is 0 Å². The van der Waals surface area contributed by atoms with Crippen molar-refractivity contribution in [2.24, 2.45) is 0 Å². The van der Waals surface area contributed by atoms with Gasteiger partial charge >= 0.3 is 0 Å². The summed E-state index contributed by atoms with van der Waals surface area (Å²) in [5.74, 6) is 0.945. The zero-order valence-corrected chi connectivity index (χ0v) is 11.5. The van der Waals surface area contributed by atoms with Gasteiger partial charge in [-0.25, -0.2) is 0 Å². The highest BCUT2D eigenvalue weighted by atomic mass is 16.5. The average Bonchev–Trinajstić information content (AvgIpc) is 2.48. The maximum absolute atomic E-state index is 5.88. The average molecular weight is 256 g/mol. The summed E-state index contributed by atoms with van der Waals surface area (Å²) in [5.41, 5.74) is 2.24. The second-order valence-corrected chi connectivity index (χ2v) is 4.47. The normalized spacial score (nSPS) is 12.1. The van der Waals surface area contributed by atoms with Gasteiger partial charge in [0, 0.05) is 29.9 Å². The van der Waals surface area contributed by atoms with Crippen LogP contribution in [0.25, 0.3) is 0 Å². The van der Waals surface area contributed by atoms with E-state index in [1.54, 1.807) is 0 Å². The summed E-state index contributed by atoms with van der Waals surface area (Å²) in [6.07, 6.45) is 2.63. The van der Waals surface area contributed by atoms with Crippen molar-refractivity contribution in [2.75, 3.05) is 13.7 Å². The van der Waals surface area contributed by atoms with Crippen LogP contribution in [0.15, 0.2) is 48.7 Å². The first-order chi connectivity index (χ1) is 9.31. The molecule has 0 saturated heterocycles. The number of hydrogen-bond donors (Lipinski definition) is 1. The molecule has 0 aliphatic heterocycles. The predicted molar refractivity (Wildman–Crippen MR) is 77.4 cm³/mol. The van der Waals surface area contributed by atoms with Gasteiger partial charge in [0.05, 0.1) is 6.61 Å². The third-order valence-electron chi connectivity index (χ3n) is 3.16. The van der Waals surface area contributed by atoms with Crippen molar-refractivity contribution in [3.8, 4) is 5.75 Å². The lowest BCUT2D eigenvalue weighted by molar-refractivity contribution is 0.314. The standard InChI is InChI=1S/C16H20N2O/c1-13(17-2)15-8-3-4-9-16(15)19-12-10-14-7-5-6-11-18-14/h3-9,11,13,17H,10,12H2,1-2H3. The lowest BCUT2D eigenvalue weighted by Crippen LogP contribution is -2.14. The van der Waals surface area contributed by atoms with E-state index < -0.39 is 0 Å². The molecule has 0 aliphatic rings. The highest BCUT2D eigenvalue weighted by Crippen LogP contribution is 2.24. The highest BCUT2D eigenvalue weighted by Gasteiger charge is 2.08. The predicted octanol–water partition coefficient (Wildman–Crippen LogP) is 2.98. The van der Waals surface area contributed by atoms with Gasteiger partial charge in [-0.1, -0.05) is 24.3 Å². The second kappa shape index (κ2) is 6.90. The third kappa shape index (κ3) is 3.80. The molecule has 0 bridgehead atoms. The Bertz CT molecular complexity index is 499. The second-order valence-electron chi connectivity index (χ2n) is 4.47. The molecule has 0 aliphatic carbocycles. The summed E-state index contributed by atoms with van der Waals surface area (Å²) >= 11 is 0. The van der Waals surface area contributed by atoms with Crippen molar-refractivity contribution in [3.63, 3.8) is 0 Å². The molecule has 0 saturated carbocycles. The highest BCUT2D eigenvalue weighted by molar-refractivity contribution is 5.35. The molecule has 19 heavy (non-hydrogen) atoms. The van der Waals surface area contributed by atoms with Crippen LogP contribution in [0.3, 0.4) is 0 Å². The molecular weight excluding hydrogens is 236 g/mol. The first-order valence-electron chi connectivity index (χ1n) is 6.60. The Morgan fingerprint density at radius 1 is 1.16 bits per heavy atom. The topological polar surface area (TPSA) is 34.1 Å². The molecule has 0 fully saturated rings. The molecule has 1 heterocycles. The van der Waals surface area contributed by atoms with E-state index in [0.29, 0.717) is 6.61 Å². The van der Waals surface area contributed by atoms with Crippen LogP contribution < -0.4 is 10.1 Å². The summed E-state index contributed by atoms with van der Waals surface area (Å²) in [7, 11) is 1.95. The number of rotatable bonds is 6. The van der Waals surface area contributed by atoms with Gasteiger partial charge in [0.2, 0.25) is 0 Å². The Labute approximate surface area is 114 Å². The molecule has 3 heteroatoms.